The number of rotatable bonds is 4. The molecule has 0 unspecified atom stereocenters. The van der Waals surface area contributed by atoms with Crippen molar-refractivity contribution in [1.82, 2.24) is 4.98 Å². The zero-order chi connectivity index (χ0) is 15.4. The van der Waals surface area contributed by atoms with Crippen LogP contribution in [0.15, 0.2) is 40.9 Å². The molecule has 1 aromatic carbocycles. The third-order valence-electron chi connectivity index (χ3n) is 2.75. The number of nitrogens with one attached hydrogen (secondary N) is 1. The van der Waals surface area contributed by atoms with E-state index >= 15 is 0 Å². The Balaban J connectivity index is 2.07. The number of ether oxygens (including phenoxy) is 1. The van der Waals surface area contributed by atoms with Crippen molar-refractivity contribution in [2.45, 2.75) is 26.9 Å². The number of pyridine rings is 1. The van der Waals surface area contributed by atoms with Crippen molar-refractivity contribution in [1.29, 1.82) is 0 Å². The Morgan fingerprint density at radius 3 is 2.43 bits per heavy atom. The van der Waals surface area contributed by atoms with E-state index in [0.29, 0.717) is 11.4 Å². The Labute approximate surface area is 132 Å². The van der Waals surface area contributed by atoms with Crippen LogP contribution < -0.4 is 10.1 Å². The van der Waals surface area contributed by atoms with Gasteiger partial charge in [-0.25, -0.2) is 4.98 Å². The fourth-order valence-electron chi connectivity index (χ4n) is 1.76. The molecule has 1 aromatic heterocycles. The number of aromatic nitrogens is 1. The Morgan fingerprint density at radius 2 is 1.86 bits per heavy atom. The summed E-state index contributed by atoms with van der Waals surface area (Å²) in [7, 11) is 0. The lowest BCUT2D eigenvalue weighted by Crippen LogP contribution is -2.13. The van der Waals surface area contributed by atoms with Crippen LogP contribution in [0.3, 0.4) is 0 Å². The highest BCUT2D eigenvalue weighted by Crippen LogP contribution is 2.18. The minimum Gasteiger partial charge on any atom is -0.491 e. The fourth-order valence-corrected chi connectivity index (χ4v) is 1.98. The average Bonchev–Trinajstić information content (AvgIpc) is 2.43. The van der Waals surface area contributed by atoms with E-state index in [0.717, 1.165) is 15.9 Å². The van der Waals surface area contributed by atoms with Crippen molar-refractivity contribution < 1.29 is 9.53 Å². The minimum atomic E-state index is -0.194. The third-order valence-corrected chi connectivity index (χ3v) is 3.59. The summed E-state index contributed by atoms with van der Waals surface area (Å²) in [5, 5.41) is 2.77. The average molecular weight is 349 g/mol. The molecule has 2 aromatic rings. The van der Waals surface area contributed by atoms with E-state index in [-0.39, 0.29) is 12.0 Å². The van der Waals surface area contributed by atoms with Crippen LogP contribution in [0.25, 0.3) is 0 Å². The monoisotopic (exact) mass is 348 g/mol. The summed E-state index contributed by atoms with van der Waals surface area (Å²) in [5.74, 6) is 1.09. The molecule has 2 rings (SSSR count). The van der Waals surface area contributed by atoms with Crippen LogP contribution in [0, 0.1) is 6.92 Å². The highest BCUT2D eigenvalue weighted by Gasteiger charge is 2.08. The zero-order valence-corrected chi connectivity index (χ0v) is 13.8. The van der Waals surface area contributed by atoms with Gasteiger partial charge in [-0.2, -0.15) is 0 Å². The van der Waals surface area contributed by atoms with Gasteiger partial charge in [-0.3, -0.25) is 4.79 Å². The van der Waals surface area contributed by atoms with E-state index in [1.807, 2.05) is 26.8 Å². The van der Waals surface area contributed by atoms with Crippen LogP contribution in [0.1, 0.15) is 29.9 Å². The predicted molar refractivity (Wildman–Crippen MR) is 86.8 cm³/mol. The molecular formula is C16H17BrN2O2. The molecule has 1 amide bonds. The normalized spacial score (nSPS) is 10.5. The van der Waals surface area contributed by atoms with E-state index in [4.69, 9.17) is 4.74 Å². The highest BCUT2D eigenvalue weighted by molar-refractivity contribution is 9.10. The predicted octanol–water partition coefficient (Wildman–Crippen LogP) is 4.19. The maximum Gasteiger partial charge on any atom is 0.256 e. The summed E-state index contributed by atoms with van der Waals surface area (Å²) in [5.41, 5.74) is 1.39. The topological polar surface area (TPSA) is 51.2 Å². The molecule has 1 N–H and O–H groups in total. The zero-order valence-electron chi connectivity index (χ0n) is 12.2. The van der Waals surface area contributed by atoms with Crippen molar-refractivity contribution in [3.05, 3.63) is 52.1 Å². The quantitative estimate of drug-likeness (QED) is 0.900. The molecule has 0 radical (unpaired) electrons. The lowest BCUT2D eigenvalue weighted by molar-refractivity contribution is 0.102. The van der Waals surface area contributed by atoms with Gasteiger partial charge in [-0.05, 0) is 73.1 Å². The number of nitrogens with zero attached hydrogens (tertiary/aromatic N) is 1. The highest BCUT2D eigenvalue weighted by atomic mass is 79.9. The first-order valence-corrected chi connectivity index (χ1v) is 7.46. The fraction of sp³-hybridized carbons (Fsp3) is 0.250. The smallest absolute Gasteiger partial charge is 0.256 e. The van der Waals surface area contributed by atoms with Crippen LogP contribution in [0.5, 0.6) is 5.75 Å². The molecule has 0 aliphatic rings. The molecule has 0 bridgehead atoms. The Hall–Kier alpha value is -1.88. The van der Waals surface area contributed by atoms with E-state index < -0.39 is 0 Å². The second-order valence-electron chi connectivity index (χ2n) is 4.91. The summed E-state index contributed by atoms with van der Waals surface area (Å²) >= 11 is 3.38. The molecule has 0 aliphatic heterocycles. The Bertz CT molecular complexity index is 639. The molecule has 5 heteroatoms. The lowest BCUT2D eigenvalue weighted by atomic mass is 10.2. The van der Waals surface area contributed by atoms with Gasteiger partial charge < -0.3 is 10.1 Å². The van der Waals surface area contributed by atoms with Gasteiger partial charge in [-0.15, -0.1) is 0 Å². The van der Waals surface area contributed by atoms with E-state index in [1.165, 1.54) is 0 Å². The van der Waals surface area contributed by atoms with Gasteiger partial charge in [-0.1, -0.05) is 0 Å². The number of hydrogen-bond acceptors (Lipinski definition) is 3. The van der Waals surface area contributed by atoms with Gasteiger partial charge in [0.15, 0.2) is 0 Å². The van der Waals surface area contributed by atoms with E-state index in [9.17, 15) is 4.79 Å². The number of anilines is 1. The molecule has 0 fully saturated rings. The second-order valence-corrected chi connectivity index (χ2v) is 5.76. The van der Waals surface area contributed by atoms with Crippen LogP contribution in [-0.4, -0.2) is 17.0 Å². The van der Waals surface area contributed by atoms with Crippen LogP contribution in [-0.2, 0) is 0 Å². The van der Waals surface area contributed by atoms with Crippen LogP contribution >= 0.6 is 15.9 Å². The number of aryl methyl sites for hydroxylation is 1. The Morgan fingerprint density at radius 1 is 1.19 bits per heavy atom. The van der Waals surface area contributed by atoms with Crippen LogP contribution in [0.2, 0.25) is 0 Å². The number of hydrogen-bond donors (Lipinski definition) is 1. The summed E-state index contributed by atoms with van der Waals surface area (Å²) in [6.07, 6.45) is 0.111. The third kappa shape index (κ3) is 4.29. The standard InChI is InChI=1S/C16H17BrN2O2/c1-10(2)21-13-6-4-12(5-7-13)16(20)19-15-9-8-14(17)11(3)18-15/h4-10H,1-3H3,(H,18,19,20). The van der Waals surface area contributed by atoms with Crippen molar-refractivity contribution in [2.24, 2.45) is 0 Å². The van der Waals surface area contributed by atoms with Crippen molar-refractivity contribution in [2.75, 3.05) is 5.32 Å². The minimum absolute atomic E-state index is 0.111. The van der Waals surface area contributed by atoms with Crippen LogP contribution in [0.4, 0.5) is 5.82 Å². The summed E-state index contributed by atoms with van der Waals surface area (Å²) in [6.45, 7) is 5.79. The van der Waals surface area contributed by atoms with Gasteiger partial charge in [0.1, 0.15) is 11.6 Å². The van der Waals surface area contributed by atoms with E-state index in [1.54, 1.807) is 30.3 Å². The van der Waals surface area contributed by atoms with Gasteiger partial charge in [0.05, 0.1) is 11.8 Å². The number of carbonyl (C=O) groups is 1. The SMILES string of the molecule is Cc1nc(NC(=O)c2ccc(OC(C)C)cc2)ccc1Br. The maximum absolute atomic E-state index is 12.1. The molecule has 110 valence electrons. The first-order valence-electron chi connectivity index (χ1n) is 6.67. The first kappa shape index (κ1) is 15.5. The number of carbonyl (C=O) groups excluding carboxylic acids is 1. The van der Waals surface area contributed by atoms with Gasteiger partial charge in [0.2, 0.25) is 0 Å². The molecule has 0 aliphatic carbocycles. The lowest BCUT2D eigenvalue weighted by Gasteiger charge is -2.10. The van der Waals surface area contributed by atoms with Gasteiger partial charge in [0.25, 0.3) is 5.91 Å². The molecule has 0 atom stereocenters. The molecule has 0 saturated carbocycles. The number of benzene rings is 1. The Kier molecular flexibility index (Phi) is 4.96. The van der Waals surface area contributed by atoms with Gasteiger partial charge >= 0.3 is 0 Å². The maximum atomic E-state index is 12.1. The second kappa shape index (κ2) is 6.72. The summed E-state index contributed by atoms with van der Waals surface area (Å²) in [6, 6.07) is 10.7. The summed E-state index contributed by atoms with van der Waals surface area (Å²) < 4.78 is 6.46. The molecule has 21 heavy (non-hydrogen) atoms. The molecule has 0 spiro atoms. The van der Waals surface area contributed by atoms with Crippen molar-refractivity contribution in [3.63, 3.8) is 0 Å². The van der Waals surface area contributed by atoms with Gasteiger partial charge in [0, 0.05) is 10.0 Å². The van der Waals surface area contributed by atoms with E-state index in [2.05, 4.69) is 26.2 Å². The first-order chi connectivity index (χ1) is 9.95. The number of halogens is 1. The molecule has 4 nitrogen and oxygen atoms in total. The molecular weight excluding hydrogens is 332 g/mol. The molecule has 0 saturated heterocycles. The number of amides is 1. The molecule has 1 heterocycles. The van der Waals surface area contributed by atoms with Crippen molar-refractivity contribution in [3.8, 4) is 5.75 Å². The van der Waals surface area contributed by atoms with Crippen molar-refractivity contribution >= 4 is 27.7 Å². The largest absolute Gasteiger partial charge is 0.491 e. The summed E-state index contributed by atoms with van der Waals surface area (Å²) in [4.78, 5) is 16.4.